The summed E-state index contributed by atoms with van der Waals surface area (Å²) in [6.45, 7) is 4.32. The largest absolute Gasteiger partial charge is 0.298 e. The van der Waals surface area contributed by atoms with Crippen molar-refractivity contribution in [3.8, 4) is 0 Å². The summed E-state index contributed by atoms with van der Waals surface area (Å²) < 4.78 is 1.19. The molecule has 0 bridgehead atoms. The van der Waals surface area contributed by atoms with Crippen molar-refractivity contribution in [2.24, 2.45) is 0 Å². The van der Waals surface area contributed by atoms with E-state index >= 15 is 0 Å². The van der Waals surface area contributed by atoms with Crippen molar-refractivity contribution in [3.63, 3.8) is 0 Å². The number of carbonyl (C=O) groups excluding carboxylic acids is 1. The third-order valence-corrected chi connectivity index (χ3v) is 3.40. The average molecular weight is 204 g/mol. The van der Waals surface area contributed by atoms with Crippen molar-refractivity contribution in [3.05, 3.63) is 34.7 Å². The van der Waals surface area contributed by atoms with E-state index < -0.39 is 0 Å². The van der Waals surface area contributed by atoms with Gasteiger partial charge >= 0.3 is 0 Å². The Morgan fingerprint density at radius 3 is 2.79 bits per heavy atom. The van der Waals surface area contributed by atoms with Crippen LogP contribution in [0.15, 0.2) is 23.6 Å². The molecule has 0 atom stereocenters. The van der Waals surface area contributed by atoms with Gasteiger partial charge in [0.15, 0.2) is 6.29 Å². The molecule has 0 aliphatic rings. The van der Waals surface area contributed by atoms with Crippen LogP contribution in [-0.2, 0) is 0 Å². The number of rotatable bonds is 2. The summed E-state index contributed by atoms with van der Waals surface area (Å²) in [4.78, 5) is 10.8. The Labute approximate surface area is 87.4 Å². The van der Waals surface area contributed by atoms with Crippen molar-refractivity contribution >= 4 is 27.7 Å². The fourth-order valence-electron chi connectivity index (χ4n) is 1.52. The van der Waals surface area contributed by atoms with Crippen molar-refractivity contribution in [2.45, 2.75) is 19.8 Å². The van der Waals surface area contributed by atoms with Crippen LogP contribution in [0.25, 0.3) is 10.1 Å². The molecule has 0 radical (unpaired) electrons. The second-order valence-corrected chi connectivity index (χ2v) is 4.63. The van der Waals surface area contributed by atoms with Gasteiger partial charge in [0, 0.05) is 21.0 Å². The van der Waals surface area contributed by atoms with Gasteiger partial charge < -0.3 is 0 Å². The molecule has 0 N–H and O–H groups in total. The minimum atomic E-state index is 0.513. The highest BCUT2D eigenvalue weighted by atomic mass is 32.1. The zero-order valence-electron chi connectivity index (χ0n) is 8.28. The topological polar surface area (TPSA) is 17.1 Å². The van der Waals surface area contributed by atoms with Crippen LogP contribution in [-0.4, -0.2) is 6.29 Å². The Hall–Kier alpha value is -1.15. The van der Waals surface area contributed by atoms with E-state index in [0.29, 0.717) is 5.92 Å². The summed E-state index contributed by atoms with van der Waals surface area (Å²) >= 11 is 1.63. The second kappa shape index (κ2) is 3.54. The van der Waals surface area contributed by atoms with Crippen molar-refractivity contribution < 1.29 is 4.79 Å². The van der Waals surface area contributed by atoms with Crippen molar-refractivity contribution in [1.29, 1.82) is 0 Å². The van der Waals surface area contributed by atoms with E-state index in [0.717, 1.165) is 17.2 Å². The van der Waals surface area contributed by atoms with Gasteiger partial charge in [-0.3, -0.25) is 4.79 Å². The molecule has 1 heterocycles. The molecule has 0 aliphatic carbocycles. The molecular formula is C12H12OS. The maximum absolute atomic E-state index is 10.8. The lowest BCUT2D eigenvalue weighted by atomic mass is 10.0. The number of carbonyl (C=O) groups is 1. The molecule has 2 aromatic rings. The number of thiophene rings is 1. The minimum Gasteiger partial charge on any atom is -0.298 e. The molecule has 14 heavy (non-hydrogen) atoms. The summed E-state index contributed by atoms with van der Waals surface area (Å²) in [6, 6.07) is 6.36. The Bertz CT molecular complexity index is 468. The number of benzene rings is 1. The van der Waals surface area contributed by atoms with Gasteiger partial charge in [-0.15, -0.1) is 11.3 Å². The molecule has 2 rings (SSSR count). The zero-order valence-corrected chi connectivity index (χ0v) is 9.10. The number of aldehydes is 1. The maximum Gasteiger partial charge on any atom is 0.151 e. The molecular weight excluding hydrogens is 192 g/mol. The highest BCUT2D eigenvalue weighted by Crippen LogP contribution is 2.28. The first-order valence-corrected chi connectivity index (χ1v) is 5.56. The SMILES string of the molecule is CC(C)c1ccc2scc(C=O)c2c1. The Morgan fingerprint density at radius 2 is 2.14 bits per heavy atom. The molecule has 1 aromatic carbocycles. The third kappa shape index (κ3) is 1.46. The number of hydrogen-bond donors (Lipinski definition) is 0. The van der Waals surface area contributed by atoms with Gasteiger partial charge in [0.2, 0.25) is 0 Å². The van der Waals surface area contributed by atoms with Crippen molar-refractivity contribution in [2.75, 3.05) is 0 Å². The Morgan fingerprint density at radius 1 is 1.36 bits per heavy atom. The van der Waals surface area contributed by atoms with Gasteiger partial charge in [-0.05, 0) is 23.6 Å². The van der Waals surface area contributed by atoms with E-state index in [1.165, 1.54) is 10.3 Å². The van der Waals surface area contributed by atoms with Crippen LogP contribution in [0.4, 0.5) is 0 Å². The van der Waals surface area contributed by atoms with E-state index in [1.54, 1.807) is 11.3 Å². The monoisotopic (exact) mass is 204 g/mol. The highest BCUT2D eigenvalue weighted by molar-refractivity contribution is 7.17. The number of fused-ring (bicyclic) bond motifs is 1. The summed E-state index contributed by atoms with van der Waals surface area (Å²) in [7, 11) is 0. The molecule has 0 aliphatic heterocycles. The van der Waals surface area contributed by atoms with Gasteiger partial charge in [-0.25, -0.2) is 0 Å². The minimum absolute atomic E-state index is 0.513. The predicted octanol–water partition coefficient (Wildman–Crippen LogP) is 3.84. The molecule has 72 valence electrons. The second-order valence-electron chi connectivity index (χ2n) is 3.72. The Kier molecular flexibility index (Phi) is 2.38. The third-order valence-electron chi connectivity index (χ3n) is 2.42. The summed E-state index contributed by atoms with van der Waals surface area (Å²) in [6.07, 6.45) is 0.933. The smallest absolute Gasteiger partial charge is 0.151 e. The Balaban J connectivity index is 2.67. The fourth-order valence-corrected chi connectivity index (χ4v) is 2.40. The lowest BCUT2D eigenvalue weighted by molar-refractivity contribution is 0.112. The van der Waals surface area contributed by atoms with Crippen molar-refractivity contribution in [1.82, 2.24) is 0 Å². The highest BCUT2D eigenvalue weighted by Gasteiger charge is 2.05. The normalized spacial score (nSPS) is 11.1. The number of hydrogen-bond acceptors (Lipinski definition) is 2. The molecule has 0 spiro atoms. The molecule has 1 nitrogen and oxygen atoms in total. The van der Waals surface area contributed by atoms with Crippen LogP contribution >= 0.6 is 11.3 Å². The fraction of sp³-hybridized carbons (Fsp3) is 0.250. The first-order valence-electron chi connectivity index (χ1n) is 4.68. The van der Waals surface area contributed by atoms with Crippen LogP contribution in [0, 0.1) is 0 Å². The van der Waals surface area contributed by atoms with Gasteiger partial charge in [-0.2, -0.15) is 0 Å². The van der Waals surface area contributed by atoms with E-state index in [1.807, 2.05) is 5.38 Å². The summed E-state index contributed by atoms with van der Waals surface area (Å²) in [5.74, 6) is 0.513. The molecule has 0 unspecified atom stereocenters. The van der Waals surface area contributed by atoms with Crippen LogP contribution in [0.5, 0.6) is 0 Å². The lowest BCUT2D eigenvalue weighted by Gasteiger charge is -2.04. The van der Waals surface area contributed by atoms with E-state index in [2.05, 4.69) is 32.0 Å². The predicted molar refractivity (Wildman–Crippen MR) is 61.3 cm³/mol. The van der Waals surface area contributed by atoms with Gasteiger partial charge in [0.25, 0.3) is 0 Å². The van der Waals surface area contributed by atoms with Crippen LogP contribution < -0.4 is 0 Å². The van der Waals surface area contributed by atoms with Crippen LogP contribution in [0.3, 0.4) is 0 Å². The van der Waals surface area contributed by atoms with Crippen LogP contribution in [0.1, 0.15) is 35.7 Å². The van der Waals surface area contributed by atoms with E-state index in [9.17, 15) is 4.79 Å². The molecule has 0 fully saturated rings. The quantitative estimate of drug-likeness (QED) is 0.679. The molecule has 0 saturated heterocycles. The van der Waals surface area contributed by atoms with Gasteiger partial charge in [0.1, 0.15) is 0 Å². The molecule has 0 saturated carbocycles. The van der Waals surface area contributed by atoms with Gasteiger partial charge in [0.05, 0.1) is 0 Å². The summed E-state index contributed by atoms with van der Waals surface area (Å²) in [5, 5.41) is 3.01. The standard InChI is InChI=1S/C12H12OS/c1-8(2)9-3-4-12-11(5-9)10(6-13)7-14-12/h3-8H,1-2H3. The first kappa shape index (κ1) is 9.41. The van der Waals surface area contributed by atoms with E-state index in [4.69, 9.17) is 0 Å². The molecule has 1 aromatic heterocycles. The first-order chi connectivity index (χ1) is 6.72. The maximum atomic E-state index is 10.8. The molecule has 2 heteroatoms. The van der Waals surface area contributed by atoms with Crippen LogP contribution in [0.2, 0.25) is 0 Å². The molecule has 0 amide bonds. The average Bonchev–Trinajstić information content (AvgIpc) is 2.59. The van der Waals surface area contributed by atoms with E-state index in [-0.39, 0.29) is 0 Å². The van der Waals surface area contributed by atoms with Gasteiger partial charge in [-0.1, -0.05) is 19.9 Å². The lowest BCUT2D eigenvalue weighted by Crippen LogP contribution is -1.86. The zero-order chi connectivity index (χ0) is 10.1. The summed E-state index contributed by atoms with van der Waals surface area (Å²) in [5.41, 5.74) is 2.10.